The molecule has 0 fully saturated rings. The number of anilines is 1. The highest BCUT2D eigenvalue weighted by molar-refractivity contribution is 9.10. The summed E-state index contributed by atoms with van der Waals surface area (Å²) in [5, 5.41) is 0.254. The van der Waals surface area contributed by atoms with Crippen molar-refractivity contribution in [3.8, 4) is 5.69 Å². The van der Waals surface area contributed by atoms with Gasteiger partial charge in [0.25, 0.3) is 0 Å². The van der Waals surface area contributed by atoms with E-state index >= 15 is 0 Å². The maximum absolute atomic E-state index is 12.0. The van der Waals surface area contributed by atoms with Gasteiger partial charge in [0.1, 0.15) is 6.33 Å². The van der Waals surface area contributed by atoms with E-state index in [0.29, 0.717) is 10.2 Å². The quantitative estimate of drug-likeness (QED) is 0.628. The maximum atomic E-state index is 12.0. The lowest BCUT2D eigenvalue weighted by Crippen LogP contribution is -2.38. The van der Waals surface area contributed by atoms with Crippen LogP contribution in [0.1, 0.15) is 0 Å². The minimum Gasteiger partial charge on any atom is -0.282 e. The normalized spacial score (nSPS) is 11.5. The molecule has 1 aromatic heterocycles. The summed E-state index contributed by atoms with van der Waals surface area (Å²) >= 11 is 9.19. The largest absolute Gasteiger partial charge is 0.474 e. The fourth-order valence-corrected chi connectivity index (χ4v) is 2.33. The molecule has 0 radical (unpaired) electrons. The molecule has 0 aliphatic heterocycles. The van der Waals surface area contributed by atoms with Gasteiger partial charge < -0.3 is 0 Å². The Kier molecular flexibility index (Phi) is 4.49. The Balaban J connectivity index is 2.34. The number of nitrogens with one attached hydrogen (secondary N) is 2. The second-order valence-electron chi connectivity index (χ2n) is 3.65. The van der Waals surface area contributed by atoms with Gasteiger partial charge in [-0.15, -0.1) is 5.43 Å². The van der Waals surface area contributed by atoms with Gasteiger partial charge in [-0.05, 0) is 28.1 Å². The highest BCUT2D eigenvalue weighted by atomic mass is 79.9. The number of aromatic nitrogens is 3. The number of hydrazine groups is 1. The zero-order valence-corrected chi connectivity index (χ0v) is 12.3. The molecule has 0 aliphatic rings. The number of alkyl halides is 3. The third-order valence-electron chi connectivity index (χ3n) is 2.20. The van der Waals surface area contributed by atoms with Crippen molar-refractivity contribution in [2.45, 2.75) is 6.30 Å². The molecule has 2 N–H and O–H groups in total. The van der Waals surface area contributed by atoms with E-state index in [4.69, 9.17) is 11.6 Å². The first-order valence-corrected chi connectivity index (χ1v) is 6.45. The lowest BCUT2D eigenvalue weighted by Gasteiger charge is -2.11. The Bertz CT molecular complexity index is 700. The molecule has 0 bridgehead atoms. The van der Waals surface area contributed by atoms with Gasteiger partial charge in [-0.2, -0.15) is 18.2 Å². The van der Waals surface area contributed by atoms with E-state index in [1.807, 2.05) is 0 Å². The highest BCUT2D eigenvalue weighted by Gasteiger charge is 2.27. The standard InChI is InChI=1S/C10H6BrClF3N5O/c11-5-2-1-3-6(12)7(5)20-4-16-8(17-9(20)21)18-19-10(13,14)15/h1-4,19H,(H,17,18,21). The minimum atomic E-state index is -4.68. The van der Waals surface area contributed by atoms with Crippen LogP contribution in [0.4, 0.5) is 19.1 Å². The molecule has 0 unspecified atom stereocenters. The van der Waals surface area contributed by atoms with E-state index in [-0.39, 0.29) is 5.02 Å². The fourth-order valence-electron chi connectivity index (χ4n) is 1.39. The topological polar surface area (TPSA) is 71.8 Å². The van der Waals surface area contributed by atoms with Crippen LogP contribution < -0.4 is 16.5 Å². The summed E-state index contributed by atoms with van der Waals surface area (Å²) in [5.41, 5.74) is 2.12. The monoisotopic (exact) mass is 383 g/mol. The van der Waals surface area contributed by atoms with Crippen molar-refractivity contribution in [3.05, 3.63) is 44.5 Å². The first-order valence-electron chi connectivity index (χ1n) is 5.28. The van der Waals surface area contributed by atoms with Gasteiger partial charge >= 0.3 is 12.0 Å². The number of hydrogen-bond acceptors (Lipinski definition) is 5. The molecule has 2 aromatic rings. The van der Waals surface area contributed by atoms with Crippen LogP contribution in [0.3, 0.4) is 0 Å². The van der Waals surface area contributed by atoms with Crippen molar-refractivity contribution in [2.75, 3.05) is 5.43 Å². The molecule has 2 rings (SSSR count). The summed E-state index contributed by atoms with van der Waals surface area (Å²) in [6.45, 7) is 0. The van der Waals surface area contributed by atoms with Crippen LogP contribution in [0, 0.1) is 0 Å². The van der Waals surface area contributed by atoms with Crippen LogP contribution in [-0.2, 0) is 0 Å². The zero-order chi connectivity index (χ0) is 15.6. The Labute approximate surface area is 129 Å². The fraction of sp³-hybridized carbons (Fsp3) is 0.100. The van der Waals surface area contributed by atoms with Crippen molar-refractivity contribution in [3.63, 3.8) is 0 Å². The lowest BCUT2D eigenvalue weighted by molar-refractivity contribution is -0.151. The van der Waals surface area contributed by atoms with Crippen molar-refractivity contribution >= 4 is 33.5 Å². The smallest absolute Gasteiger partial charge is 0.282 e. The summed E-state index contributed by atoms with van der Waals surface area (Å²) in [4.78, 5) is 18.8. The third-order valence-corrected chi connectivity index (χ3v) is 3.14. The number of rotatable bonds is 3. The molecule has 112 valence electrons. The van der Waals surface area contributed by atoms with Crippen LogP contribution in [-0.4, -0.2) is 20.8 Å². The number of nitrogens with zero attached hydrogens (tertiary/aromatic N) is 3. The lowest BCUT2D eigenvalue weighted by atomic mass is 10.3. The number of para-hydroxylation sites is 1. The predicted molar refractivity (Wildman–Crippen MR) is 73.2 cm³/mol. The minimum absolute atomic E-state index is 0.254. The average Bonchev–Trinajstić information content (AvgIpc) is 2.37. The molecule has 0 saturated carbocycles. The van der Waals surface area contributed by atoms with Gasteiger partial charge in [0.05, 0.1) is 10.7 Å². The van der Waals surface area contributed by atoms with Crippen LogP contribution in [0.15, 0.2) is 33.8 Å². The van der Waals surface area contributed by atoms with Crippen molar-refractivity contribution in [1.29, 1.82) is 0 Å². The van der Waals surface area contributed by atoms with Gasteiger partial charge in [-0.3, -0.25) is 5.43 Å². The van der Waals surface area contributed by atoms with Crippen LogP contribution in [0.5, 0.6) is 0 Å². The van der Waals surface area contributed by atoms with Gasteiger partial charge in [0, 0.05) is 4.47 Å². The van der Waals surface area contributed by atoms with E-state index in [9.17, 15) is 18.0 Å². The van der Waals surface area contributed by atoms with E-state index < -0.39 is 17.9 Å². The third kappa shape index (κ3) is 3.93. The van der Waals surface area contributed by atoms with E-state index in [0.717, 1.165) is 16.3 Å². The van der Waals surface area contributed by atoms with Crippen LogP contribution in [0.25, 0.3) is 5.69 Å². The highest BCUT2D eigenvalue weighted by Crippen LogP contribution is 2.27. The second-order valence-corrected chi connectivity index (χ2v) is 4.91. The number of halogens is 5. The van der Waals surface area contributed by atoms with E-state index in [1.54, 1.807) is 23.6 Å². The van der Waals surface area contributed by atoms with Gasteiger partial charge in [0.2, 0.25) is 5.95 Å². The molecule has 6 nitrogen and oxygen atoms in total. The van der Waals surface area contributed by atoms with E-state index in [2.05, 4.69) is 25.9 Å². The summed E-state index contributed by atoms with van der Waals surface area (Å²) < 4.78 is 37.4. The molecule has 0 aliphatic carbocycles. The average molecular weight is 385 g/mol. The van der Waals surface area contributed by atoms with Crippen LogP contribution >= 0.6 is 27.5 Å². The Morgan fingerprint density at radius 2 is 2.05 bits per heavy atom. The molecule has 11 heteroatoms. The molecule has 1 aromatic carbocycles. The summed E-state index contributed by atoms with van der Waals surface area (Å²) in [5.74, 6) is -0.517. The van der Waals surface area contributed by atoms with Crippen molar-refractivity contribution in [1.82, 2.24) is 20.0 Å². The van der Waals surface area contributed by atoms with Gasteiger partial charge in [0.15, 0.2) is 0 Å². The van der Waals surface area contributed by atoms with Crippen molar-refractivity contribution < 1.29 is 13.2 Å². The maximum Gasteiger partial charge on any atom is 0.474 e. The summed E-state index contributed by atoms with van der Waals surface area (Å²) in [6.07, 6.45) is -3.66. The molecule has 1 heterocycles. The summed E-state index contributed by atoms with van der Waals surface area (Å²) in [6, 6.07) is 4.85. The summed E-state index contributed by atoms with van der Waals surface area (Å²) in [7, 11) is 0. The second kappa shape index (κ2) is 6.00. The Morgan fingerprint density at radius 3 is 2.62 bits per heavy atom. The first-order chi connectivity index (χ1) is 9.78. The Morgan fingerprint density at radius 1 is 1.33 bits per heavy atom. The predicted octanol–water partition coefficient (Wildman–Crippen LogP) is 2.48. The van der Waals surface area contributed by atoms with Gasteiger partial charge in [-0.25, -0.2) is 14.3 Å². The molecule has 0 amide bonds. The number of benzene rings is 1. The molecular formula is C10H6BrClF3N5O. The van der Waals surface area contributed by atoms with E-state index in [1.165, 1.54) is 0 Å². The number of hydrogen-bond donors (Lipinski definition) is 2. The zero-order valence-electron chi connectivity index (χ0n) is 9.95. The SMILES string of the molecule is O=c1nc(NNC(F)(F)F)ncn1-c1c(Cl)cccc1Br. The van der Waals surface area contributed by atoms with Crippen LogP contribution in [0.2, 0.25) is 5.02 Å². The molecule has 21 heavy (non-hydrogen) atoms. The first kappa shape index (κ1) is 15.7. The molecule has 0 spiro atoms. The molecule has 0 atom stereocenters. The molecule has 0 saturated heterocycles. The van der Waals surface area contributed by atoms with Gasteiger partial charge in [-0.1, -0.05) is 17.7 Å². The Hall–Kier alpha value is -1.65. The molecular weight excluding hydrogens is 378 g/mol. The van der Waals surface area contributed by atoms with Crippen molar-refractivity contribution in [2.24, 2.45) is 0 Å².